The highest BCUT2D eigenvalue weighted by molar-refractivity contribution is 5.82. The van der Waals surface area contributed by atoms with Crippen LogP contribution in [0.2, 0.25) is 0 Å². The molecule has 0 radical (unpaired) electrons. The van der Waals surface area contributed by atoms with Crippen LogP contribution in [0.5, 0.6) is 0 Å². The number of rotatable bonds is 3. The fourth-order valence-electron chi connectivity index (χ4n) is 4.04. The number of nitrogens with zero attached hydrogens (tertiary/aromatic N) is 1. The van der Waals surface area contributed by atoms with Gasteiger partial charge in [0.2, 0.25) is 0 Å². The lowest BCUT2D eigenvalue weighted by Crippen LogP contribution is -2.55. The Morgan fingerprint density at radius 3 is 2.36 bits per heavy atom. The van der Waals surface area contributed by atoms with Crippen LogP contribution in [0.4, 0.5) is 0 Å². The maximum atomic E-state index is 11.2. The molecule has 0 aliphatic carbocycles. The highest BCUT2D eigenvalue weighted by Gasteiger charge is 2.42. The molecule has 0 saturated carbocycles. The first-order valence-corrected chi connectivity index (χ1v) is 8.37. The van der Waals surface area contributed by atoms with Gasteiger partial charge in [-0.1, -0.05) is 56.3 Å². The van der Waals surface area contributed by atoms with Crippen molar-refractivity contribution in [3.8, 4) is 0 Å². The SMILES string of the molecule is C[C@H]1CN(C)C[C@H](C)C1(O)CCc1ccc2ccccc2c1. The fraction of sp³-hybridized carbons (Fsp3) is 0.500. The fourth-order valence-corrected chi connectivity index (χ4v) is 4.04. The van der Waals surface area contributed by atoms with Crippen molar-refractivity contribution in [1.82, 2.24) is 4.90 Å². The van der Waals surface area contributed by atoms with Gasteiger partial charge in [-0.15, -0.1) is 0 Å². The predicted octanol–water partition coefficient (Wildman–Crippen LogP) is 3.72. The monoisotopic (exact) mass is 297 g/mol. The van der Waals surface area contributed by atoms with Crippen molar-refractivity contribution < 1.29 is 5.11 Å². The summed E-state index contributed by atoms with van der Waals surface area (Å²) in [5.74, 6) is 0.642. The molecule has 2 aromatic rings. The summed E-state index contributed by atoms with van der Waals surface area (Å²) in [5, 5.41) is 13.7. The van der Waals surface area contributed by atoms with E-state index in [0.29, 0.717) is 11.8 Å². The minimum absolute atomic E-state index is 0.321. The van der Waals surface area contributed by atoms with Crippen molar-refractivity contribution in [2.75, 3.05) is 20.1 Å². The van der Waals surface area contributed by atoms with Crippen molar-refractivity contribution in [2.24, 2.45) is 11.8 Å². The standard InChI is InChI=1S/C20H27NO/c1-15-13-21(3)14-16(2)20(15,22)11-10-17-8-9-18-6-4-5-7-19(18)12-17/h4-9,12,15-16,22H,10-11,13-14H2,1-3H3/t15-,16-/m0/s1. The smallest absolute Gasteiger partial charge is 0.0726 e. The van der Waals surface area contributed by atoms with Crippen LogP contribution in [0.1, 0.15) is 25.8 Å². The zero-order valence-electron chi connectivity index (χ0n) is 13.9. The van der Waals surface area contributed by atoms with Gasteiger partial charge in [0.25, 0.3) is 0 Å². The summed E-state index contributed by atoms with van der Waals surface area (Å²) in [6.45, 7) is 6.34. The second-order valence-corrected chi connectivity index (χ2v) is 7.20. The van der Waals surface area contributed by atoms with E-state index in [1.165, 1.54) is 16.3 Å². The third kappa shape index (κ3) is 2.90. The Labute approximate surface area is 133 Å². The van der Waals surface area contributed by atoms with Crippen molar-refractivity contribution in [3.05, 3.63) is 48.0 Å². The molecule has 2 nitrogen and oxygen atoms in total. The number of hydrogen-bond donors (Lipinski definition) is 1. The molecule has 0 aromatic heterocycles. The average molecular weight is 297 g/mol. The molecule has 2 heteroatoms. The van der Waals surface area contributed by atoms with Crippen LogP contribution in [0, 0.1) is 11.8 Å². The summed E-state index contributed by atoms with van der Waals surface area (Å²) < 4.78 is 0. The highest BCUT2D eigenvalue weighted by Crippen LogP contribution is 2.36. The van der Waals surface area contributed by atoms with Gasteiger partial charge in [0.05, 0.1) is 5.60 Å². The quantitative estimate of drug-likeness (QED) is 0.933. The lowest BCUT2D eigenvalue weighted by molar-refractivity contribution is -0.106. The molecule has 2 atom stereocenters. The molecule has 1 fully saturated rings. The van der Waals surface area contributed by atoms with Crippen LogP contribution in [0.15, 0.2) is 42.5 Å². The molecule has 1 N–H and O–H groups in total. The van der Waals surface area contributed by atoms with E-state index in [4.69, 9.17) is 0 Å². The minimum Gasteiger partial charge on any atom is -0.389 e. The van der Waals surface area contributed by atoms with Crippen molar-refractivity contribution in [1.29, 1.82) is 0 Å². The van der Waals surface area contributed by atoms with Gasteiger partial charge >= 0.3 is 0 Å². The van der Waals surface area contributed by atoms with Gasteiger partial charge in [-0.05, 0) is 48.1 Å². The molecular weight excluding hydrogens is 270 g/mol. The second-order valence-electron chi connectivity index (χ2n) is 7.20. The normalized spacial score (nSPS) is 25.5. The minimum atomic E-state index is -0.543. The van der Waals surface area contributed by atoms with Gasteiger partial charge in [-0.3, -0.25) is 0 Å². The van der Waals surface area contributed by atoms with Crippen LogP contribution >= 0.6 is 0 Å². The average Bonchev–Trinajstić information content (AvgIpc) is 2.50. The number of aryl methyl sites for hydroxylation is 1. The second kappa shape index (κ2) is 6.02. The lowest BCUT2D eigenvalue weighted by Gasteiger charge is -2.47. The van der Waals surface area contributed by atoms with E-state index in [1.54, 1.807) is 0 Å². The first kappa shape index (κ1) is 15.5. The summed E-state index contributed by atoms with van der Waals surface area (Å²) >= 11 is 0. The van der Waals surface area contributed by atoms with E-state index >= 15 is 0 Å². The Morgan fingerprint density at radius 1 is 1.05 bits per heavy atom. The Kier molecular flexibility index (Phi) is 4.24. The number of piperidine rings is 1. The molecule has 3 rings (SSSR count). The summed E-state index contributed by atoms with van der Waals surface area (Å²) in [6, 6.07) is 15.1. The van der Waals surface area contributed by atoms with Gasteiger partial charge in [0.1, 0.15) is 0 Å². The van der Waals surface area contributed by atoms with Crippen LogP contribution in [0.3, 0.4) is 0 Å². The molecule has 1 aliphatic heterocycles. The summed E-state index contributed by atoms with van der Waals surface area (Å²) in [4.78, 5) is 2.33. The van der Waals surface area contributed by atoms with Crippen molar-refractivity contribution >= 4 is 10.8 Å². The van der Waals surface area contributed by atoms with Crippen molar-refractivity contribution in [2.45, 2.75) is 32.3 Å². The molecule has 1 aliphatic rings. The number of aliphatic hydroxyl groups is 1. The Hall–Kier alpha value is -1.38. The van der Waals surface area contributed by atoms with E-state index in [0.717, 1.165) is 25.9 Å². The Morgan fingerprint density at radius 2 is 1.68 bits per heavy atom. The molecule has 0 bridgehead atoms. The third-order valence-corrected chi connectivity index (χ3v) is 5.51. The number of benzene rings is 2. The summed E-state index contributed by atoms with van der Waals surface area (Å²) in [6.07, 6.45) is 1.79. The molecule has 1 saturated heterocycles. The van der Waals surface area contributed by atoms with Gasteiger partial charge in [0.15, 0.2) is 0 Å². The maximum Gasteiger partial charge on any atom is 0.0726 e. The van der Waals surface area contributed by atoms with E-state index < -0.39 is 5.60 Å². The van der Waals surface area contributed by atoms with Crippen LogP contribution in [-0.2, 0) is 6.42 Å². The van der Waals surface area contributed by atoms with Gasteiger partial charge in [-0.25, -0.2) is 0 Å². The molecule has 1 heterocycles. The summed E-state index contributed by atoms with van der Waals surface area (Å²) in [5.41, 5.74) is 0.781. The Bertz CT molecular complexity index is 639. The predicted molar refractivity (Wildman–Crippen MR) is 93.0 cm³/mol. The van der Waals surface area contributed by atoms with Crippen LogP contribution in [-0.4, -0.2) is 35.7 Å². The largest absolute Gasteiger partial charge is 0.389 e. The molecule has 0 amide bonds. The van der Waals surface area contributed by atoms with E-state index in [-0.39, 0.29) is 0 Å². The summed E-state index contributed by atoms with van der Waals surface area (Å²) in [7, 11) is 2.15. The topological polar surface area (TPSA) is 23.5 Å². The molecule has 2 aromatic carbocycles. The number of likely N-dealkylation sites (tertiary alicyclic amines) is 1. The zero-order chi connectivity index (χ0) is 15.7. The molecular formula is C20H27NO. The first-order chi connectivity index (χ1) is 10.5. The molecule has 0 spiro atoms. The lowest BCUT2D eigenvalue weighted by atomic mass is 9.72. The van der Waals surface area contributed by atoms with Crippen LogP contribution in [0.25, 0.3) is 10.8 Å². The maximum absolute atomic E-state index is 11.2. The molecule has 118 valence electrons. The zero-order valence-corrected chi connectivity index (χ0v) is 13.9. The van der Waals surface area contributed by atoms with Gasteiger partial charge < -0.3 is 10.0 Å². The van der Waals surface area contributed by atoms with Crippen molar-refractivity contribution in [3.63, 3.8) is 0 Å². The number of fused-ring (bicyclic) bond motifs is 1. The first-order valence-electron chi connectivity index (χ1n) is 8.37. The third-order valence-electron chi connectivity index (χ3n) is 5.51. The van der Waals surface area contributed by atoms with Crippen LogP contribution < -0.4 is 0 Å². The molecule has 0 unspecified atom stereocenters. The molecule has 22 heavy (non-hydrogen) atoms. The number of hydrogen-bond acceptors (Lipinski definition) is 2. The van der Waals surface area contributed by atoms with Gasteiger partial charge in [-0.2, -0.15) is 0 Å². The van der Waals surface area contributed by atoms with E-state index in [1.807, 2.05) is 0 Å². The van der Waals surface area contributed by atoms with E-state index in [9.17, 15) is 5.11 Å². The highest BCUT2D eigenvalue weighted by atomic mass is 16.3. The van der Waals surface area contributed by atoms with Gasteiger partial charge in [0, 0.05) is 13.1 Å². The Balaban J connectivity index is 1.75. The van der Waals surface area contributed by atoms with E-state index in [2.05, 4.69) is 68.3 Å².